The maximum Gasteiger partial charge on any atom is 0.229 e. The predicted molar refractivity (Wildman–Crippen MR) is 132 cm³/mol. The van der Waals surface area contributed by atoms with Crippen LogP contribution in [0.5, 0.6) is 5.75 Å². The zero-order chi connectivity index (χ0) is 23.5. The fourth-order valence-electron chi connectivity index (χ4n) is 4.20. The quantitative estimate of drug-likeness (QED) is 0.501. The lowest BCUT2D eigenvalue weighted by Crippen LogP contribution is -2.28. The van der Waals surface area contributed by atoms with Crippen molar-refractivity contribution in [3.05, 3.63) is 87.9 Å². The number of carbonyl (C=O) groups excluding carboxylic acids is 2. The van der Waals surface area contributed by atoms with Crippen molar-refractivity contribution in [3.63, 3.8) is 0 Å². The molecule has 4 rings (SSSR count). The van der Waals surface area contributed by atoms with E-state index in [9.17, 15) is 9.59 Å². The van der Waals surface area contributed by atoms with Gasteiger partial charge in [0.25, 0.3) is 0 Å². The summed E-state index contributed by atoms with van der Waals surface area (Å²) in [7, 11) is 0. The number of carbonyl (C=O) groups is 2. The molecule has 0 aromatic heterocycles. The van der Waals surface area contributed by atoms with E-state index < -0.39 is 5.92 Å². The minimum atomic E-state index is -0.390. The highest BCUT2D eigenvalue weighted by molar-refractivity contribution is 6.30. The zero-order valence-electron chi connectivity index (χ0n) is 19.0. The van der Waals surface area contributed by atoms with Gasteiger partial charge in [-0.25, -0.2) is 0 Å². The van der Waals surface area contributed by atoms with Crippen molar-refractivity contribution in [1.82, 2.24) is 0 Å². The number of hydrogen-bond acceptors (Lipinski definition) is 3. The first-order valence-electron chi connectivity index (χ1n) is 11.0. The second kappa shape index (κ2) is 9.67. The van der Waals surface area contributed by atoms with Crippen LogP contribution in [0.4, 0.5) is 11.4 Å². The van der Waals surface area contributed by atoms with Gasteiger partial charge >= 0.3 is 0 Å². The normalized spacial score (nSPS) is 15.6. The standard InChI is InChI=1S/C27H27ClN2O3/c1-17-12-18(2)26(19(3)13-17)29-27(32)21-14-25(31)30(15-21)23-8-10-24(11-9-23)33-16-20-4-6-22(28)7-5-20/h4-13,21H,14-16H2,1-3H3,(H,29,32)/t21-/m1/s1. The first kappa shape index (κ1) is 22.9. The summed E-state index contributed by atoms with van der Waals surface area (Å²) in [5.74, 6) is 0.143. The van der Waals surface area contributed by atoms with Gasteiger partial charge in [-0.15, -0.1) is 0 Å². The summed E-state index contributed by atoms with van der Waals surface area (Å²) in [5.41, 5.74) is 5.82. The SMILES string of the molecule is Cc1cc(C)c(NC(=O)[C@@H]2CC(=O)N(c3ccc(OCc4ccc(Cl)cc4)cc3)C2)c(C)c1. The van der Waals surface area contributed by atoms with E-state index in [0.29, 0.717) is 23.9 Å². The lowest BCUT2D eigenvalue weighted by Gasteiger charge is -2.18. The number of rotatable bonds is 6. The molecule has 1 aliphatic heterocycles. The fourth-order valence-corrected chi connectivity index (χ4v) is 4.33. The molecule has 1 N–H and O–H groups in total. The third-order valence-corrected chi connectivity index (χ3v) is 6.14. The van der Waals surface area contributed by atoms with E-state index >= 15 is 0 Å². The second-order valence-electron chi connectivity index (χ2n) is 8.58. The molecule has 3 aromatic carbocycles. The molecule has 1 aliphatic rings. The van der Waals surface area contributed by atoms with Crippen molar-refractivity contribution >= 4 is 34.8 Å². The Kier molecular flexibility index (Phi) is 6.70. The lowest BCUT2D eigenvalue weighted by molar-refractivity contribution is -0.122. The average Bonchev–Trinajstić information content (AvgIpc) is 3.18. The summed E-state index contributed by atoms with van der Waals surface area (Å²) < 4.78 is 5.82. The van der Waals surface area contributed by atoms with Crippen molar-refractivity contribution in [2.45, 2.75) is 33.8 Å². The van der Waals surface area contributed by atoms with Crippen LogP contribution >= 0.6 is 11.6 Å². The summed E-state index contributed by atoms with van der Waals surface area (Å²) in [6.45, 7) is 6.79. The van der Waals surface area contributed by atoms with Gasteiger partial charge in [-0.05, 0) is 73.9 Å². The van der Waals surface area contributed by atoms with E-state index in [-0.39, 0.29) is 18.2 Å². The number of ether oxygens (including phenoxy) is 1. The highest BCUT2D eigenvalue weighted by Gasteiger charge is 2.35. The molecule has 0 radical (unpaired) electrons. The molecule has 33 heavy (non-hydrogen) atoms. The first-order chi connectivity index (χ1) is 15.8. The van der Waals surface area contributed by atoms with Gasteiger partial charge < -0.3 is 15.0 Å². The number of amides is 2. The molecule has 1 saturated heterocycles. The molecule has 6 heteroatoms. The van der Waals surface area contributed by atoms with Crippen molar-refractivity contribution in [3.8, 4) is 5.75 Å². The Bertz CT molecular complexity index is 1150. The van der Waals surface area contributed by atoms with Crippen LogP contribution in [-0.4, -0.2) is 18.4 Å². The Hall–Kier alpha value is -3.31. The van der Waals surface area contributed by atoms with E-state index in [2.05, 4.69) is 5.32 Å². The monoisotopic (exact) mass is 462 g/mol. The lowest BCUT2D eigenvalue weighted by atomic mass is 10.0. The molecule has 3 aromatic rings. The topological polar surface area (TPSA) is 58.6 Å². The van der Waals surface area contributed by atoms with E-state index in [1.54, 1.807) is 4.90 Å². The summed E-state index contributed by atoms with van der Waals surface area (Å²) in [6.07, 6.45) is 0.199. The van der Waals surface area contributed by atoms with E-state index in [4.69, 9.17) is 16.3 Å². The highest BCUT2D eigenvalue weighted by Crippen LogP contribution is 2.29. The molecular weight excluding hydrogens is 436 g/mol. The van der Waals surface area contributed by atoms with Gasteiger partial charge in [-0.3, -0.25) is 9.59 Å². The molecule has 1 atom stereocenters. The Labute approximate surface area is 199 Å². The molecule has 0 unspecified atom stereocenters. The smallest absolute Gasteiger partial charge is 0.229 e. The zero-order valence-corrected chi connectivity index (χ0v) is 19.8. The summed E-state index contributed by atoms with van der Waals surface area (Å²) in [4.78, 5) is 27.2. The number of hydrogen-bond donors (Lipinski definition) is 1. The Morgan fingerprint density at radius 3 is 2.30 bits per heavy atom. The van der Waals surface area contributed by atoms with Crippen molar-refractivity contribution in [2.24, 2.45) is 5.92 Å². The molecule has 170 valence electrons. The van der Waals surface area contributed by atoms with Crippen LogP contribution in [0.3, 0.4) is 0 Å². The number of nitrogens with one attached hydrogen (secondary N) is 1. The number of aryl methyl sites for hydroxylation is 3. The predicted octanol–water partition coefficient (Wildman–Crippen LogP) is 5.84. The third kappa shape index (κ3) is 5.37. The summed E-state index contributed by atoms with van der Waals surface area (Å²) in [5, 5.41) is 3.73. The molecule has 5 nitrogen and oxygen atoms in total. The molecule has 2 amide bonds. The second-order valence-corrected chi connectivity index (χ2v) is 9.01. The Balaban J connectivity index is 1.37. The molecule has 0 bridgehead atoms. The van der Waals surface area contributed by atoms with Gasteiger partial charge in [-0.1, -0.05) is 41.4 Å². The van der Waals surface area contributed by atoms with Crippen molar-refractivity contribution < 1.29 is 14.3 Å². The van der Waals surface area contributed by atoms with E-state index in [0.717, 1.165) is 33.6 Å². The molecule has 0 spiro atoms. The maximum absolute atomic E-state index is 12.9. The minimum Gasteiger partial charge on any atom is -0.489 e. The van der Waals surface area contributed by atoms with Gasteiger partial charge in [0, 0.05) is 29.4 Å². The number of halogens is 1. The van der Waals surface area contributed by atoms with Crippen LogP contribution in [0, 0.1) is 26.7 Å². The van der Waals surface area contributed by atoms with Gasteiger partial charge in [0.05, 0.1) is 5.92 Å². The van der Waals surface area contributed by atoms with Crippen LogP contribution in [0.2, 0.25) is 5.02 Å². The van der Waals surface area contributed by atoms with Gasteiger partial charge in [0.1, 0.15) is 12.4 Å². The number of nitrogens with zero attached hydrogens (tertiary/aromatic N) is 1. The number of benzene rings is 3. The molecule has 0 saturated carbocycles. The molecule has 0 aliphatic carbocycles. The highest BCUT2D eigenvalue weighted by atomic mass is 35.5. The number of anilines is 2. The maximum atomic E-state index is 12.9. The van der Waals surface area contributed by atoms with Crippen LogP contribution in [0.1, 0.15) is 28.7 Å². The van der Waals surface area contributed by atoms with Crippen LogP contribution in [0.15, 0.2) is 60.7 Å². The van der Waals surface area contributed by atoms with Crippen LogP contribution < -0.4 is 15.0 Å². The fraction of sp³-hybridized carbons (Fsp3) is 0.259. The Morgan fingerprint density at radius 1 is 1.03 bits per heavy atom. The molecule has 1 fully saturated rings. The van der Waals surface area contributed by atoms with Crippen LogP contribution in [0.25, 0.3) is 0 Å². The van der Waals surface area contributed by atoms with Crippen LogP contribution in [-0.2, 0) is 16.2 Å². The van der Waals surface area contributed by atoms with Gasteiger partial charge in [0.15, 0.2) is 0 Å². The van der Waals surface area contributed by atoms with Gasteiger partial charge in [0.2, 0.25) is 11.8 Å². The summed E-state index contributed by atoms with van der Waals surface area (Å²) in [6, 6.07) is 19.0. The molecular formula is C27H27ClN2O3. The Morgan fingerprint density at radius 2 is 1.67 bits per heavy atom. The largest absolute Gasteiger partial charge is 0.489 e. The van der Waals surface area contributed by atoms with Gasteiger partial charge in [-0.2, -0.15) is 0 Å². The van der Waals surface area contributed by atoms with E-state index in [1.165, 1.54) is 0 Å². The van der Waals surface area contributed by atoms with E-state index in [1.807, 2.05) is 81.4 Å². The average molecular weight is 463 g/mol. The third-order valence-electron chi connectivity index (χ3n) is 5.89. The molecule has 1 heterocycles. The first-order valence-corrected chi connectivity index (χ1v) is 11.3. The summed E-state index contributed by atoms with van der Waals surface area (Å²) >= 11 is 5.91. The van der Waals surface area contributed by atoms with Crippen molar-refractivity contribution in [2.75, 3.05) is 16.8 Å². The van der Waals surface area contributed by atoms with Crippen molar-refractivity contribution in [1.29, 1.82) is 0 Å². The minimum absolute atomic E-state index is 0.0534.